The summed E-state index contributed by atoms with van der Waals surface area (Å²) in [5.41, 5.74) is -2.35. The van der Waals surface area contributed by atoms with Gasteiger partial charge in [0.05, 0.1) is 36.1 Å². The Hall–Kier alpha value is -1.95. The van der Waals surface area contributed by atoms with Crippen molar-refractivity contribution in [1.29, 1.82) is 0 Å². The number of fused-ring (bicyclic) bond motifs is 2. The lowest BCUT2D eigenvalue weighted by molar-refractivity contribution is -0.179. The van der Waals surface area contributed by atoms with Gasteiger partial charge >= 0.3 is 0 Å². The molecule has 0 radical (unpaired) electrons. The van der Waals surface area contributed by atoms with Crippen molar-refractivity contribution in [2.24, 2.45) is 23.7 Å². The Morgan fingerprint density at radius 2 is 1.07 bits per heavy atom. The number of alkyl halides is 1. The summed E-state index contributed by atoms with van der Waals surface area (Å²) in [6, 6.07) is -0.690. The van der Waals surface area contributed by atoms with Gasteiger partial charge in [-0.25, -0.2) is 0 Å². The largest absolute Gasteiger partial charge is 0.396 e. The fraction of sp³-hybridized carbons (Fsp3) is 0.857. The van der Waals surface area contributed by atoms with Crippen LogP contribution in [0.3, 0.4) is 0 Å². The number of hydrogen-bond donors (Lipinski definition) is 5. The molecule has 0 bridgehead atoms. The Balaban J connectivity index is 0.000000220. The minimum Gasteiger partial charge on any atom is -0.396 e. The van der Waals surface area contributed by atoms with Crippen LogP contribution in [0.4, 0.5) is 0 Å². The Kier molecular flexibility index (Phi) is 9.55. The van der Waals surface area contributed by atoms with Gasteiger partial charge in [-0.1, -0.05) is 27.7 Å². The molecule has 4 aliphatic heterocycles. The van der Waals surface area contributed by atoms with Crippen LogP contribution in [-0.4, -0.2) is 109 Å². The fourth-order valence-corrected chi connectivity index (χ4v) is 7.38. The first kappa shape index (κ1) is 32.6. The molecule has 40 heavy (non-hydrogen) atoms. The molecule has 0 aliphatic carbocycles. The van der Waals surface area contributed by atoms with E-state index in [0.717, 1.165) is 0 Å². The van der Waals surface area contributed by atoms with Crippen LogP contribution >= 0.6 is 11.6 Å². The minimum atomic E-state index is -1.20. The van der Waals surface area contributed by atoms with E-state index in [0.29, 0.717) is 18.7 Å². The van der Waals surface area contributed by atoms with Gasteiger partial charge in [0.1, 0.15) is 0 Å². The Labute approximate surface area is 242 Å². The van der Waals surface area contributed by atoms with E-state index in [1.807, 2.05) is 55.4 Å². The monoisotopic (exact) mass is 586 g/mol. The van der Waals surface area contributed by atoms with Crippen molar-refractivity contribution in [2.75, 3.05) is 12.5 Å². The predicted octanol–water partition coefficient (Wildman–Crippen LogP) is 0.226. The van der Waals surface area contributed by atoms with Crippen molar-refractivity contribution in [3.8, 4) is 0 Å². The molecule has 0 aromatic heterocycles. The zero-order valence-electron chi connectivity index (χ0n) is 24.8. The maximum absolute atomic E-state index is 12.6. The van der Waals surface area contributed by atoms with Crippen LogP contribution in [0.1, 0.15) is 68.2 Å². The number of nitrogens with one attached hydrogen (secondary N) is 2. The van der Waals surface area contributed by atoms with Gasteiger partial charge < -0.3 is 35.8 Å². The minimum absolute atomic E-state index is 0.00510. The second kappa shape index (κ2) is 11.7. The number of amides is 4. The summed E-state index contributed by atoms with van der Waals surface area (Å²) in [6.07, 6.45) is -0.970. The van der Waals surface area contributed by atoms with Gasteiger partial charge in [0.15, 0.2) is 11.1 Å². The maximum atomic E-state index is 12.6. The summed E-state index contributed by atoms with van der Waals surface area (Å²) in [4.78, 5) is 52.8. The lowest BCUT2D eigenvalue weighted by Gasteiger charge is -2.57. The molecule has 0 unspecified atom stereocenters. The van der Waals surface area contributed by atoms with E-state index >= 15 is 0 Å². The average Bonchev–Trinajstić information content (AvgIpc) is 3.25. The molecule has 4 fully saturated rings. The van der Waals surface area contributed by atoms with E-state index in [1.165, 1.54) is 0 Å². The first-order valence-corrected chi connectivity index (χ1v) is 14.9. The highest BCUT2D eigenvalue weighted by Crippen LogP contribution is 2.48. The van der Waals surface area contributed by atoms with Crippen molar-refractivity contribution < 1.29 is 34.5 Å². The molecule has 228 valence electrons. The summed E-state index contributed by atoms with van der Waals surface area (Å²) < 4.78 is 0. The van der Waals surface area contributed by atoms with E-state index in [9.17, 15) is 29.4 Å². The highest BCUT2D eigenvalue weighted by Gasteiger charge is 2.74. The lowest BCUT2D eigenvalue weighted by Crippen LogP contribution is -2.82. The van der Waals surface area contributed by atoms with Crippen LogP contribution in [0.2, 0.25) is 0 Å². The van der Waals surface area contributed by atoms with Crippen LogP contribution in [0.5, 0.6) is 0 Å². The highest BCUT2D eigenvalue weighted by atomic mass is 35.5. The van der Waals surface area contributed by atoms with Gasteiger partial charge in [-0.05, 0) is 52.4 Å². The number of hydrogen-bond acceptors (Lipinski definition) is 7. The fourth-order valence-electron chi connectivity index (χ4n) is 7.14. The van der Waals surface area contributed by atoms with Crippen LogP contribution < -0.4 is 10.6 Å². The molecule has 4 saturated heterocycles. The van der Waals surface area contributed by atoms with Gasteiger partial charge in [-0.3, -0.25) is 19.2 Å². The predicted molar refractivity (Wildman–Crippen MR) is 149 cm³/mol. The molecule has 4 heterocycles. The average molecular weight is 587 g/mol. The van der Waals surface area contributed by atoms with Gasteiger partial charge in [0.25, 0.3) is 11.8 Å². The molecular weight excluding hydrogens is 540 g/mol. The number of rotatable bonds is 10. The first-order chi connectivity index (χ1) is 18.6. The molecule has 8 atom stereocenters. The molecule has 0 aromatic rings. The summed E-state index contributed by atoms with van der Waals surface area (Å²) in [7, 11) is 0. The molecule has 4 rings (SSSR count). The summed E-state index contributed by atoms with van der Waals surface area (Å²) in [5.74, 6) is -1.48. The summed E-state index contributed by atoms with van der Waals surface area (Å²) in [5, 5.41) is 35.6. The van der Waals surface area contributed by atoms with Crippen molar-refractivity contribution in [3.05, 3.63) is 0 Å². The van der Waals surface area contributed by atoms with E-state index in [-0.39, 0.29) is 72.2 Å². The standard InChI is InChI=1S/C14H23ClN2O3.C14H24N2O4/c1-7(2)11(18)14-10(17(8(3)4)13(14)20)9(5-6-15)12(19)16-14;1-7(2)11(18)14-10(16(8(3)4)13(14)20)9(5-6-17)12(19)15-14/h7-11,18H,5-6H2,1-4H3,(H,16,19);7-11,17-18H,5-6H2,1-4H3,(H,15,19)/t2*9-,10+,11+,14+/m11/s1. The van der Waals surface area contributed by atoms with Crippen molar-refractivity contribution in [3.63, 3.8) is 0 Å². The molecule has 0 saturated carbocycles. The van der Waals surface area contributed by atoms with E-state index in [4.69, 9.17) is 16.7 Å². The number of aliphatic hydroxyl groups excluding tert-OH is 3. The zero-order valence-corrected chi connectivity index (χ0v) is 25.6. The van der Waals surface area contributed by atoms with Gasteiger partial charge in [0.2, 0.25) is 11.8 Å². The third kappa shape index (κ3) is 4.61. The number of halogens is 1. The topological polar surface area (TPSA) is 160 Å². The lowest BCUT2D eigenvalue weighted by atomic mass is 9.68. The molecule has 4 amide bonds. The Morgan fingerprint density at radius 1 is 0.725 bits per heavy atom. The third-order valence-corrected chi connectivity index (χ3v) is 9.19. The maximum Gasteiger partial charge on any atom is 0.253 e. The Morgan fingerprint density at radius 3 is 1.35 bits per heavy atom. The second-order valence-electron chi connectivity index (χ2n) is 12.8. The summed E-state index contributed by atoms with van der Waals surface area (Å²) in [6.45, 7) is 14.9. The second-order valence-corrected chi connectivity index (χ2v) is 13.2. The van der Waals surface area contributed by atoms with E-state index in [1.54, 1.807) is 9.80 Å². The van der Waals surface area contributed by atoms with E-state index in [2.05, 4.69) is 10.6 Å². The number of nitrogens with zero attached hydrogens (tertiary/aromatic N) is 2. The van der Waals surface area contributed by atoms with Gasteiger partial charge in [-0.15, -0.1) is 11.6 Å². The van der Waals surface area contributed by atoms with Crippen LogP contribution in [0.25, 0.3) is 0 Å². The highest BCUT2D eigenvalue weighted by molar-refractivity contribution is 6.18. The third-order valence-electron chi connectivity index (χ3n) is 8.97. The number of aliphatic hydroxyl groups is 3. The number of carbonyl (C=O) groups is 4. The van der Waals surface area contributed by atoms with Crippen LogP contribution in [0, 0.1) is 23.7 Å². The zero-order chi connectivity index (χ0) is 30.5. The van der Waals surface area contributed by atoms with E-state index < -0.39 is 29.2 Å². The summed E-state index contributed by atoms with van der Waals surface area (Å²) >= 11 is 5.79. The van der Waals surface area contributed by atoms with Crippen molar-refractivity contribution in [2.45, 2.75) is 116 Å². The molecule has 4 aliphatic rings. The SMILES string of the molecule is CC(C)[C@H](O)[C@@]12NC(=O)[C@H](CCCl)[C@@H]1N(C(C)C)C2=O.CC(C)[C@H](O)[C@@]12NC(=O)[C@H](CCO)[C@@H]1N(C(C)C)C2=O. The molecular formula is C28H47ClN4O7. The smallest absolute Gasteiger partial charge is 0.253 e. The van der Waals surface area contributed by atoms with Crippen LogP contribution in [0.15, 0.2) is 0 Å². The van der Waals surface area contributed by atoms with Crippen LogP contribution in [-0.2, 0) is 19.2 Å². The van der Waals surface area contributed by atoms with Gasteiger partial charge in [-0.2, -0.15) is 0 Å². The molecule has 11 nitrogen and oxygen atoms in total. The number of carbonyl (C=O) groups excluding carboxylic acids is 4. The normalized spacial score (nSPS) is 34.3. The quantitative estimate of drug-likeness (QED) is 0.181. The molecule has 12 heteroatoms. The number of β-lactam (4-membered cyclic amide) rings is 2. The first-order valence-electron chi connectivity index (χ1n) is 14.4. The molecule has 5 N–H and O–H groups in total. The Bertz CT molecular complexity index is 929. The van der Waals surface area contributed by atoms with Crippen molar-refractivity contribution in [1.82, 2.24) is 20.4 Å². The van der Waals surface area contributed by atoms with Gasteiger partial charge in [0, 0.05) is 24.6 Å². The van der Waals surface area contributed by atoms with Crippen molar-refractivity contribution >= 4 is 35.2 Å². The molecule has 0 aromatic carbocycles. The molecule has 0 spiro atoms. The number of likely N-dealkylation sites (tertiary alicyclic amines) is 2.